The Morgan fingerprint density at radius 1 is 1.04 bits per heavy atom. The number of rotatable bonds is 8. The summed E-state index contributed by atoms with van der Waals surface area (Å²) in [4.78, 5) is 25.3. The summed E-state index contributed by atoms with van der Waals surface area (Å²) in [6, 6.07) is 14.0. The molecule has 0 saturated carbocycles. The Morgan fingerprint density at radius 2 is 1.73 bits per heavy atom. The van der Waals surface area contributed by atoms with Gasteiger partial charge in [-0.25, -0.2) is 4.79 Å². The van der Waals surface area contributed by atoms with Gasteiger partial charge in [0, 0.05) is 24.2 Å². The molecule has 2 aromatic rings. The average molecular weight is 378 g/mol. The summed E-state index contributed by atoms with van der Waals surface area (Å²) in [6.45, 7) is -0.290. The number of ether oxygens (including phenoxy) is 3. The number of halogens is 1. The first-order valence-electron chi connectivity index (χ1n) is 7.89. The summed E-state index contributed by atoms with van der Waals surface area (Å²) in [5.41, 5.74) is 0.864. The van der Waals surface area contributed by atoms with E-state index >= 15 is 0 Å². The van der Waals surface area contributed by atoms with E-state index in [9.17, 15) is 9.59 Å². The quantitative estimate of drug-likeness (QED) is 0.662. The Kier molecular flexibility index (Phi) is 7.29. The second kappa shape index (κ2) is 9.68. The van der Waals surface area contributed by atoms with Gasteiger partial charge in [0.2, 0.25) is 0 Å². The van der Waals surface area contributed by atoms with Crippen molar-refractivity contribution < 1.29 is 23.8 Å². The van der Waals surface area contributed by atoms with Gasteiger partial charge in [-0.2, -0.15) is 0 Å². The lowest BCUT2D eigenvalue weighted by Crippen LogP contribution is -2.31. The standard InChI is InChI=1S/C19H20ClNO5/c1-21(11-14-5-3-4-6-17(14)24-2)18(22)12-26-19(23)13-25-16-9-7-15(20)8-10-16/h3-10H,11-13H2,1-2H3. The molecule has 0 aliphatic carbocycles. The molecule has 0 unspecified atom stereocenters. The van der Waals surface area contributed by atoms with Gasteiger partial charge in [0.25, 0.3) is 5.91 Å². The third-order valence-corrected chi connectivity index (χ3v) is 3.80. The molecule has 0 aliphatic heterocycles. The number of carbonyl (C=O) groups is 2. The fraction of sp³-hybridized carbons (Fsp3) is 0.263. The molecule has 2 aromatic carbocycles. The van der Waals surface area contributed by atoms with Crippen molar-refractivity contribution in [3.8, 4) is 11.5 Å². The van der Waals surface area contributed by atoms with Gasteiger partial charge in [-0.1, -0.05) is 29.8 Å². The fourth-order valence-corrected chi connectivity index (χ4v) is 2.27. The molecule has 138 valence electrons. The summed E-state index contributed by atoms with van der Waals surface area (Å²) in [7, 11) is 3.20. The zero-order valence-corrected chi connectivity index (χ0v) is 15.4. The highest BCUT2D eigenvalue weighted by molar-refractivity contribution is 6.30. The van der Waals surface area contributed by atoms with Crippen LogP contribution in [0.3, 0.4) is 0 Å². The molecular weight excluding hydrogens is 358 g/mol. The van der Waals surface area contributed by atoms with Gasteiger partial charge in [0.05, 0.1) is 7.11 Å². The summed E-state index contributed by atoms with van der Waals surface area (Å²) in [6.07, 6.45) is 0. The number of nitrogens with zero attached hydrogens (tertiary/aromatic N) is 1. The number of amides is 1. The van der Waals surface area contributed by atoms with E-state index in [1.54, 1.807) is 38.4 Å². The van der Waals surface area contributed by atoms with Crippen LogP contribution in [0, 0.1) is 0 Å². The number of hydrogen-bond donors (Lipinski definition) is 0. The normalized spacial score (nSPS) is 10.1. The molecule has 0 fully saturated rings. The smallest absolute Gasteiger partial charge is 0.344 e. The van der Waals surface area contributed by atoms with Crippen molar-refractivity contribution in [2.45, 2.75) is 6.54 Å². The fourth-order valence-electron chi connectivity index (χ4n) is 2.14. The van der Waals surface area contributed by atoms with Gasteiger partial charge in [0.1, 0.15) is 11.5 Å². The van der Waals surface area contributed by atoms with E-state index in [1.807, 2.05) is 24.3 Å². The van der Waals surface area contributed by atoms with Crippen LogP contribution in [0.1, 0.15) is 5.56 Å². The van der Waals surface area contributed by atoms with Gasteiger partial charge < -0.3 is 19.1 Å². The van der Waals surface area contributed by atoms with E-state index in [1.165, 1.54) is 4.90 Å². The Bertz CT molecular complexity index is 748. The minimum atomic E-state index is -0.626. The molecule has 6 nitrogen and oxygen atoms in total. The maximum absolute atomic E-state index is 12.1. The average Bonchev–Trinajstić information content (AvgIpc) is 2.66. The predicted molar refractivity (Wildman–Crippen MR) is 97.4 cm³/mol. The topological polar surface area (TPSA) is 65.1 Å². The van der Waals surface area contributed by atoms with E-state index in [0.29, 0.717) is 23.1 Å². The van der Waals surface area contributed by atoms with Gasteiger partial charge >= 0.3 is 5.97 Å². The number of para-hydroxylation sites is 1. The highest BCUT2D eigenvalue weighted by atomic mass is 35.5. The monoisotopic (exact) mass is 377 g/mol. The van der Waals surface area contributed by atoms with E-state index in [4.69, 9.17) is 25.8 Å². The van der Waals surface area contributed by atoms with E-state index in [2.05, 4.69) is 0 Å². The molecule has 0 radical (unpaired) electrons. The number of methoxy groups -OCH3 is 1. The van der Waals surface area contributed by atoms with Crippen LogP contribution >= 0.6 is 11.6 Å². The van der Waals surface area contributed by atoms with Gasteiger partial charge in [-0.15, -0.1) is 0 Å². The van der Waals surface area contributed by atoms with Gasteiger partial charge in [-0.3, -0.25) is 4.79 Å². The van der Waals surface area contributed by atoms with Gasteiger partial charge in [-0.05, 0) is 30.3 Å². The Morgan fingerprint density at radius 3 is 2.42 bits per heavy atom. The van der Waals surface area contributed by atoms with E-state index < -0.39 is 5.97 Å². The summed E-state index contributed by atoms with van der Waals surface area (Å²) in [5.74, 6) is 0.237. The molecule has 2 rings (SSSR count). The molecule has 0 aliphatic rings. The zero-order chi connectivity index (χ0) is 18.9. The second-order valence-electron chi connectivity index (χ2n) is 5.46. The number of hydrogen-bond acceptors (Lipinski definition) is 5. The molecule has 0 heterocycles. The maximum Gasteiger partial charge on any atom is 0.344 e. The van der Waals surface area contributed by atoms with Crippen molar-refractivity contribution in [3.63, 3.8) is 0 Å². The molecular formula is C19H20ClNO5. The van der Waals surface area contributed by atoms with Crippen LogP contribution in [0.5, 0.6) is 11.5 Å². The highest BCUT2D eigenvalue weighted by Crippen LogP contribution is 2.19. The van der Waals surface area contributed by atoms with Crippen molar-refractivity contribution >= 4 is 23.5 Å². The Hall–Kier alpha value is -2.73. The van der Waals surface area contributed by atoms with Crippen LogP contribution in [-0.4, -0.2) is 44.1 Å². The third-order valence-electron chi connectivity index (χ3n) is 3.55. The first-order chi connectivity index (χ1) is 12.5. The van der Waals surface area contributed by atoms with Crippen molar-refractivity contribution in [3.05, 3.63) is 59.1 Å². The van der Waals surface area contributed by atoms with E-state index in [0.717, 1.165) is 5.56 Å². The lowest BCUT2D eigenvalue weighted by atomic mass is 10.2. The molecule has 0 spiro atoms. The number of likely N-dealkylation sites (N-methyl/N-ethyl adjacent to an activating group) is 1. The van der Waals surface area contributed by atoms with Gasteiger partial charge in [0.15, 0.2) is 13.2 Å². The van der Waals surface area contributed by atoms with E-state index in [-0.39, 0.29) is 19.1 Å². The summed E-state index contributed by atoms with van der Waals surface area (Å²) >= 11 is 5.77. The minimum absolute atomic E-state index is 0.287. The van der Waals surface area contributed by atoms with Crippen molar-refractivity contribution in [2.24, 2.45) is 0 Å². The third kappa shape index (κ3) is 5.97. The van der Waals surface area contributed by atoms with Crippen LogP contribution in [0.15, 0.2) is 48.5 Å². The number of benzene rings is 2. The molecule has 1 amide bonds. The predicted octanol–water partition coefficient (Wildman–Crippen LogP) is 2.93. The lowest BCUT2D eigenvalue weighted by Gasteiger charge is -2.18. The number of carbonyl (C=O) groups excluding carboxylic acids is 2. The maximum atomic E-state index is 12.1. The van der Waals surface area contributed by atoms with Crippen LogP contribution in [-0.2, 0) is 20.9 Å². The van der Waals surface area contributed by atoms with Crippen LogP contribution < -0.4 is 9.47 Å². The van der Waals surface area contributed by atoms with Crippen LogP contribution in [0.4, 0.5) is 0 Å². The minimum Gasteiger partial charge on any atom is -0.496 e. The van der Waals surface area contributed by atoms with Crippen molar-refractivity contribution in [1.29, 1.82) is 0 Å². The lowest BCUT2D eigenvalue weighted by molar-refractivity contribution is -0.153. The molecule has 0 atom stereocenters. The SMILES string of the molecule is COc1ccccc1CN(C)C(=O)COC(=O)COc1ccc(Cl)cc1. The molecule has 0 N–H and O–H groups in total. The Labute approximate surface area is 157 Å². The number of esters is 1. The molecule has 7 heteroatoms. The van der Waals surface area contributed by atoms with Crippen molar-refractivity contribution in [1.82, 2.24) is 4.90 Å². The summed E-state index contributed by atoms with van der Waals surface area (Å²) < 4.78 is 15.5. The second-order valence-corrected chi connectivity index (χ2v) is 5.90. The van der Waals surface area contributed by atoms with Crippen molar-refractivity contribution in [2.75, 3.05) is 27.4 Å². The molecule has 0 saturated heterocycles. The highest BCUT2D eigenvalue weighted by Gasteiger charge is 2.14. The molecule has 0 bridgehead atoms. The first-order valence-corrected chi connectivity index (χ1v) is 8.27. The molecule has 26 heavy (non-hydrogen) atoms. The summed E-state index contributed by atoms with van der Waals surface area (Å²) in [5, 5.41) is 0.573. The van der Waals surface area contributed by atoms with Crippen LogP contribution in [0.25, 0.3) is 0 Å². The Balaban J connectivity index is 1.76. The van der Waals surface area contributed by atoms with Crippen LogP contribution in [0.2, 0.25) is 5.02 Å². The zero-order valence-electron chi connectivity index (χ0n) is 14.6. The first kappa shape index (κ1) is 19.6. The molecule has 0 aromatic heterocycles. The largest absolute Gasteiger partial charge is 0.496 e.